The average Bonchev–Trinajstić information content (AvgIpc) is 2.49. The van der Waals surface area contributed by atoms with Crippen molar-refractivity contribution in [2.24, 2.45) is 11.7 Å². The van der Waals surface area contributed by atoms with Crippen LogP contribution >= 0.6 is 0 Å². The highest BCUT2D eigenvalue weighted by atomic mass is 15.2. The summed E-state index contributed by atoms with van der Waals surface area (Å²) in [5, 5.41) is 0. The number of nitrogens with two attached hydrogens (primary N) is 1. The summed E-state index contributed by atoms with van der Waals surface area (Å²) in [7, 11) is 0. The molecule has 0 bridgehead atoms. The monoisotopic (exact) mass is 182 g/mol. The Balaban J connectivity index is 2.07. The summed E-state index contributed by atoms with van der Waals surface area (Å²) in [6, 6.07) is 2.04. The van der Waals surface area contributed by atoms with Gasteiger partial charge in [-0.25, -0.2) is 0 Å². The van der Waals surface area contributed by atoms with Crippen molar-refractivity contribution >= 4 is 0 Å². The molecule has 2 N–H and O–H groups in total. The molecule has 0 unspecified atom stereocenters. The van der Waals surface area contributed by atoms with Crippen LogP contribution in [0.2, 0.25) is 0 Å². The van der Waals surface area contributed by atoms with E-state index < -0.39 is 0 Å². The lowest BCUT2D eigenvalue weighted by molar-refractivity contribution is 0.0796. The normalized spacial score (nSPS) is 41.1. The first kappa shape index (κ1) is 9.47. The Labute approximate surface area is 81.5 Å². The SMILES string of the molecule is CC(C)[C@H]1C[C@@H](N)C[C@H]2CCCN21. The number of hydrogen-bond acceptors (Lipinski definition) is 2. The van der Waals surface area contributed by atoms with E-state index in [1.807, 2.05) is 0 Å². The second-order valence-electron chi connectivity index (χ2n) is 5.08. The standard InChI is InChI=1S/C11H22N2/c1-8(2)11-7-9(12)6-10-4-3-5-13(10)11/h8-11H,3-7,12H2,1-2H3/t9-,10+,11+/m0/s1. The average molecular weight is 182 g/mol. The maximum atomic E-state index is 6.09. The van der Waals surface area contributed by atoms with Gasteiger partial charge < -0.3 is 5.73 Å². The first-order valence-corrected chi connectivity index (χ1v) is 5.70. The molecule has 2 rings (SSSR count). The topological polar surface area (TPSA) is 29.3 Å². The van der Waals surface area contributed by atoms with Gasteiger partial charge in [-0.2, -0.15) is 0 Å². The Morgan fingerprint density at radius 3 is 2.77 bits per heavy atom. The van der Waals surface area contributed by atoms with Crippen molar-refractivity contribution < 1.29 is 0 Å². The fourth-order valence-corrected chi connectivity index (χ4v) is 3.09. The van der Waals surface area contributed by atoms with Crippen LogP contribution in [0.25, 0.3) is 0 Å². The lowest BCUT2D eigenvalue weighted by Crippen LogP contribution is -2.51. The van der Waals surface area contributed by atoms with Crippen LogP contribution in [-0.2, 0) is 0 Å². The van der Waals surface area contributed by atoms with E-state index in [1.54, 1.807) is 0 Å². The highest BCUT2D eigenvalue weighted by molar-refractivity contribution is 4.94. The molecule has 0 saturated carbocycles. The summed E-state index contributed by atoms with van der Waals surface area (Å²) in [5.41, 5.74) is 6.09. The molecule has 0 amide bonds. The number of fused-ring (bicyclic) bond motifs is 1. The molecule has 2 nitrogen and oxygen atoms in total. The predicted molar refractivity (Wildman–Crippen MR) is 55.6 cm³/mol. The first-order valence-electron chi connectivity index (χ1n) is 5.70. The highest BCUT2D eigenvalue weighted by Crippen LogP contribution is 2.33. The van der Waals surface area contributed by atoms with Crippen LogP contribution < -0.4 is 5.73 Å². The van der Waals surface area contributed by atoms with Gasteiger partial charge in [0.1, 0.15) is 0 Å². The molecule has 76 valence electrons. The summed E-state index contributed by atoms with van der Waals surface area (Å²) in [6.07, 6.45) is 5.23. The second-order valence-corrected chi connectivity index (χ2v) is 5.08. The predicted octanol–water partition coefficient (Wildman–Crippen LogP) is 1.60. The zero-order valence-corrected chi connectivity index (χ0v) is 8.87. The Morgan fingerprint density at radius 2 is 2.08 bits per heavy atom. The molecule has 0 aromatic heterocycles. The summed E-state index contributed by atoms with van der Waals surface area (Å²) in [4.78, 5) is 2.72. The van der Waals surface area contributed by atoms with E-state index in [-0.39, 0.29) is 0 Å². The molecule has 0 radical (unpaired) electrons. The molecule has 2 fully saturated rings. The van der Waals surface area contributed by atoms with E-state index in [1.165, 1.54) is 32.2 Å². The molecule has 0 aromatic rings. The third kappa shape index (κ3) is 1.75. The van der Waals surface area contributed by atoms with Gasteiger partial charge in [-0.15, -0.1) is 0 Å². The van der Waals surface area contributed by atoms with Crippen LogP contribution in [0.4, 0.5) is 0 Å². The Hall–Kier alpha value is -0.0800. The van der Waals surface area contributed by atoms with Crippen molar-refractivity contribution in [2.45, 2.75) is 57.7 Å². The van der Waals surface area contributed by atoms with Crippen molar-refractivity contribution in [3.8, 4) is 0 Å². The highest BCUT2D eigenvalue weighted by Gasteiger charge is 2.37. The van der Waals surface area contributed by atoms with Crippen LogP contribution in [0.5, 0.6) is 0 Å². The van der Waals surface area contributed by atoms with Crippen molar-refractivity contribution in [2.75, 3.05) is 6.54 Å². The molecule has 2 saturated heterocycles. The third-order valence-corrected chi connectivity index (χ3v) is 3.74. The minimum atomic E-state index is 0.465. The van der Waals surface area contributed by atoms with Crippen molar-refractivity contribution in [1.29, 1.82) is 0 Å². The fourth-order valence-electron chi connectivity index (χ4n) is 3.09. The Morgan fingerprint density at radius 1 is 1.31 bits per heavy atom. The van der Waals surface area contributed by atoms with E-state index in [0.717, 1.165) is 18.0 Å². The summed E-state index contributed by atoms with van der Waals surface area (Å²) in [5.74, 6) is 0.770. The van der Waals surface area contributed by atoms with Crippen molar-refractivity contribution in [1.82, 2.24) is 4.90 Å². The molecule has 2 aliphatic rings. The number of piperidine rings is 1. The largest absolute Gasteiger partial charge is 0.328 e. The molecular weight excluding hydrogens is 160 g/mol. The lowest BCUT2D eigenvalue weighted by atomic mass is 9.87. The van der Waals surface area contributed by atoms with E-state index in [0.29, 0.717) is 6.04 Å². The Bertz CT molecular complexity index is 179. The van der Waals surface area contributed by atoms with Crippen LogP contribution in [0, 0.1) is 5.92 Å². The van der Waals surface area contributed by atoms with Gasteiger partial charge in [0.2, 0.25) is 0 Å². The van der Waals surface area contributed by atoms with E-state index in [9.17, 15) is 0 Å². The van der Waals surface area contributed by atoms with Gasteiger partial charge in [0.15, 0.2) is 0 Å². The second kappa shape index (κ2) is 3.58. The third-order valence-electron chi connectivity index (χ3n) is 3.74. The number of rotatable bonds is 1. The van der Waals surface area contributed by atoms with Crippen LogP contribution in [-0.4, -0.2) is 29.6 Å². The summed E-state index contributed by atoms with van der Waals surface area (Å²) >= 11 is 0. The van der Waals surface area contributed by atoms with E-state index in [4.69, 9.17) is 5.73 Å². The summed E-state index contributed by atoms with van der Waals surface area (Å²) in [6.45, 7) is 5.98. The molecule has 2 heteroatoms. The van der Waals surface area contributed by atoms with Gasteiger partial charge in [0, 0.05) is 18.1 Å². The van der Waals surface area contributed by atoms with Crippen LogP contribution in [0.15, 0.2) is 0 Å². The van der Waals surface area contributed by atoms with Gasteiger partial charge in [0.05, 0.1) is 0 Å². The van der Waals surface area contributed by atoms with Gasteiger partial charge in [-0.05, 0) is 38.1 Å². The van der Waals surface area contributed by atoms with Gasteiger partial charge in [0.25, 0.3) is 0 Å². The molecule has 2 aliphatic heterocycles. The first-order chi connectivity index (χ1) is 6.18. The van der Waals surface area contributed by atoms with Gasteiger partial charge >= 0.3 is 0 Å². The zero-order chi connectivity index (χ0) is 9.42. The fraction of sp³-hybridized carbons (Fsp3) is 1.00. The Kier molecular flexibility index (Phi) is 2.61. The molecule has 2 heterocycles. The maximum Gasteiger partial charge on any atom is 0.0136 e. The molecule has 0 aliphatic carbocycles. The van der Waals surface area contributed by atoms with Gasteiger partial charge in [-0.3, -0.25) is 4.90 Å². The molecule has 0 aromatic carbocycles. The molecule has 0 spiro atoms. The maximum absolute atomic E-state index is 6.09. The minimum Gasteiger partial charge on any atom is -0.328 e. The zero-order valence-electron chi connectivity index (χ0n) is 8.87. The minimum absolute atomic E-state index is 0.465. The number of hydrogen-bond donors (Lipinski definition) is 1. The molecule has 3 atom stereocenters. The van der Waals surface area contributed by atoms with Crippen LogP contribution in [0.1, 0.15) is 39.5 Å². The van der Waals surface area contributed by atoms with Crippen molar-refractivity contribution in [3.63, 3.8) is 0 Å². The van der Waals surface area contributed by atoms with E-state index >= 15 is 0 Å². The number of nitrogens with zero attached hydrogens (tertiary/aromatic N) is 1. The smallest absolute Gasteiger partial charge is 0.0136 e. The van der Waals surface area contributed by atoms with Crippen molar-refractivity contribution in [3.05, 3.63) is 0 Å². The quantitative estimate of drug-likeness (QED) is 0.667. The van der Waals surface area contributed by atoms with E-state index in [2.05, 4.69) is 18.7 Å². The summed E-state index contributed by atoms with van der Waals surface area (Å²) < 4.78 is 0. The van der Waals surface area contributed by atoms with Crippen LogP contribution in [0.3, 0.4) is 0 Å². The van der Waals surface area contributed by atoms with Gasteiger partial charge in [-0.1, -0.05) is 13.8 Å². The lowest BCUT2D eigenvalue weighted by Gasteiger charge is -2.42. The molecule has 13 heavy (non-hydrogen) atoms. The molecular formula is C11H22N2.